The Labute approximate surface area is 126 Å². The van der Waals surface area contributed by atoms with Gasteiger partial charge in [0.05, 0.1) is 21.3 Å². The van der Waals surface area contributed by atoms with E-state index in [1.54, 1.807) is 12.1 Å². The molecule has 1 aromatic heterocycles. The number of aryl methyl sites for hydroxylation is 1. The maximum atomic E-state index is 6.18. The summed E-state index contributed by atoms with van der Waals surface area (Å²) in [7, 11) is 0. The van der Waals surface area contributed by atoms with Gasteiger partial charge in [0.25, 0.3) is 0 Å². The van der Waals surface area contributed by atoms with Crippen LogP contribution < -0.4 is 5.73 Å². The molecule has 0 spiro atoms. The van der Waals surface area contributed by atoms with Crippen molar-refractivity contribution < 1.29 is 4.42 Å². The highest BCUT2D eigenvalue weighted by atomic mass is 35.5. The van der Waals surface area contributed by atoms with Crippen molar-refractivity contribution in [3.63, 3.8) is 0 Å². The first kappa shape index (κ1) is 13.3. The Morgan fingerprint density at radius 3 is 2.65 bits per heavy atom. The minimum Gasteiger partial charge on any atom is -0.436 e. The van der Waals surface area contributed by atoms with Crippen LogP contribution in [-0.2, 0) is 6.42 Å². The van der Waals surface area contributed by atoms with E-state index in [0.29, 0.717) is 32.8 Å². The van der Waals surface area contributed by atoms with Crippen molar-refractivity contribution in [3.8, 4) is 11.5 Å². The minimum absolute atomic E-state index is 0.376. The van der Waals surface area contributed by atoms with Gasteiger partial charge in [-0.3, -0.25) is 0 Å². The number of nitrogen functional groups attached to an aromatic ring is 1. The average Bonchev–Trinajstić information content (AvgIpc) is 2.85. The Hall–Kier alpha value is -1.71. The Morgan fingerprint density at radius 2 is 1.90 bits per heavy atom. The van der Waals surface area contributed by atoms with Crippen LogP contribution in [0.15, 0.2) is 34.7 Å². The van der Waals surface area contributed by atoms with Crippen molar-refractivity contribution in [3.05, 3.63) is 45.9 Å². The summed E-state index contributed by atoms with van der Waals surface area (Å²) in [6.45, 7) is 2.09. The van der Waals surface area contributed by atoms with E-state index in [2.05, 4.69) is 11.9 Å². The molecule has 0 unspecified atom stereocenters. The van der Waals surface area contributed by atoms with Crippen LogP contribution in [-0.4, -0.2) is 4.98 Å². The van der Waals surface area contributed by atoms with Crippen LogP contribution in [0.2, 0.25) is 10.0 Å². The van der Waals surface area contributed by atoms with E-state index in [1.807, 2.05) is 18.2 Å². The van der Waals surface area contributed by atoms with Gasteiger partial charge in [0.2, 0.25) is 5.89 Å². The molecule has 0 saturated heterocycles. The summed E-state index contributed by atoms with van der Waals surface area (Å²) in [5, 5.41) is 0.898. The summed E-state index contributed by atoms with van der Waals surface area (Å²) < 4.78 is 5.74. The summed E-state index contributed by atoms with van der Waals surface area (Å²) in [5.74, 6) is 0.387. The molecule has 20 heavy (non-hydrogen) atoms. The maximum Gasteiger partial charge on any atom is 0.230 e. The summed E-state index contributed by atoms with van der Waals surface area (Å²) in [5.41, 5.74) is 9.57. The van der Waals surface area contributed by atoms with Crippen LogP contribution in [0.3, 0.4) is 0 Å². The number of halogens is 2. The highest BCUT2D eigenvalue weighted by Gasteiger charge is 2.17. The van der Waals surface area contributed by atoms with Crippen molar-refractivity contribution >= 4 is 40.0 Å². The number of nitrogens with two attached hydrogens (primary N) is 1. The number of fused-ring (bicyclic) bond motifs is 1. The molecule has 102 valence electrons. The van der Waals surface area contributed by atoms with E-state index in [9.17, 15) is 0 Å². The Kier molecular flexibility index (Phi) is 3.32. The standard InChI is InChI=1S/C15H12Cl2N2O/c1-2-8-3-6-12-11(7-8)19-15(20-12)13-9(16)4-5-10(17)14(13)18/h3-7H,2,18H2,1H3. The molecule has 2 N–H and O–H groups in total. The molecule has 0 aliphatic rings. The van der Waals surface area contributed by atoms with Crippen LogP contribution in [0.5, 0.6) is 0 Å². The maximum absolute atomic E-state index is 6.18. The van der Waals surface area contributed by atoms with Gasteiger partial charge in [-0.15, -0.1) is 0 Å². The molecule has 2 aromatic carbocycles. The summed E-state index contributed by atoms with van der Waals surface area (Å²) >= 11 is 12.2. The van der Waals surface area contributed by atoms with Gasteiger partial charge in [-0.25, -0.2) is 4.98 Å². The van der Waals surface area contributed by atoms with Crippen LogP contribution in [0.4, 0.5) is 5.69 Å². The molecule has 1 heterocycles. The molecule has 0 fully saturated rings. The second-order valence-corrected chi connectivity index (χ2v) is 5.31. The predicted molar refractivity (Wildman–Crippen MR) is 83.3 cm³/mol. The lowest BCUT2D eigenvalue weighted by atomic mass is 10.1. The van der Waals surface area contributed by atoms with Crippen molar-refractivity contribution in [2.75, 3.05) is 5.73 Å². The number of hydrogen-bond acceptors (Lipinski definition) is 3. The van der Waals surface area contributed by atoms with E-state index in [-0.39, 0.29) is 0 Å². The molecule has 0 bridgehead atoms. The van der Waals surface area contributed by atoms with Gasteiger partial charge in [-0.1, -0.05) is 36.2 Å². The quantitative estimate of drug-likeness (QED) is 0.682. The third-order valence-electron chi connectivity index (χ3n) is 3.22. The predicted octanol–water partition coefficient (Wildman–Crippen LogP) is 4.95. The molecular weight excluding hydrogens is 295 g/mol. The molecule has 0 saturated carbocycles. The van der Waals surface area contributed by atoms with Gasteiger partial charge >= 0.3 is 0 Å². The highest BCUT2D eigenvalue weighted by molar-refractivity contribution is 6.37. The fourth-order valence-corrected chi connectivity index (χ4v) is 2.49. The highest BCUT2D eigenvalue weighted by Crippen LogP contribution is 2.38. The number of anilines is 1. The van der Waals surface area contributed by atoms with Gasteiger partial charge in [-0.2, -0.15) is 0 Å². The number of aromatic nitrogens is 1. The second kappa shape index (κ2) is 5.00. The summed E-state index contributed by atoms with van der Waals surface area (Å²) in [6.07, 6.45) is 0.943. The van der Waals surface area contributed by atoms with Gasteiger partial charge in [0.1, 0.15) is 5.52 Å². The zero-order valence-corrected chi connectivity index (χ0v) is 12.3. The minimum atomic E-state index is 0.376. The Morgan fingerprint density at radius 1 is 1.15 bits per heavy atom. The number of oxazole rings is 1. The molecule has 0 radical (unpaired) electrons. The van der Waals surface area contributed by atoms with Gasteiger partial charge < -0.3 is 10.2 Å². The van der Waals surface area contributed by atoms with Crippen LogP contribution >= 0.6 is 23.2 Å². The SMILES string of the molecule is CCc1ccc2oc(-c3c(Cl)ccc(Cl)c3N)nc2c1. The Balaban J connectivity index is 2.22. The first-order chi connectivity index (χ1) is 9.60. The number of benzene rings is 2. The van der Waals surface area contributed by atoms with E-state index >= 15 is 0 Å². The molecule has 3 aromatic rings. The van der Waals surface area contributed by atoms with E-state index < -0.39 is 0 Å². The molecule has 0 aliphatic carbocycles. The van der Waals surface area contributed by atoms with E-state index in [1.165, 1.54) is 5.56 Å². The first-order valence-corrected chi connectivity index (χ1v) is 6.99. The zero-order chi connectivity index (χ0) is 14.3. The van der Waals surface area contributed by atoms with Crippen LogP contribution in [0.25, 0.3) is 22.6 Å². The fourth-order valence-electron chi connectivity index (χ4n) is 2.08. The third kappa shape index (κ3) is 2.13. The average molecular weight is 307 g/mol. The Bertz CT molecular complexity index is 796. The lowest BCUT2D eigenvalue weighted by Crippen LogP contribution is -1.92. The number of nitrogens with zero attached hydrogens (tertiary/aromatic N) is 1. The van der Waals surface area contributed by atoms with Gasteiger partial charge in [0, 0.05) is 0 Å². The monoisotopic (exact) mass is 306 g/mol. The zero-order valence-electron chi connectivity index (χ0n) is 10.8. The van der Waals surface area contributed by atoms with Crippen LogP contribution in [0.1, 0.15) is 12.5 Å². The lowest BCUT2D eigenvalue weighted by Gasteiger charge is -2.05. The largest absolute Gasteiger partial charge is 0.436 e. The summed E-state index contributed by atoms with van der Waals surface area (Å²) in [4.78, 5) is 4.46. The molecule has 0 amide bonds. The topological polar surface area (TPSA) is 52.0 Å². The van der Waals surface area contributed by atoms with Crippen molar-refractivity contribution in [1.29, 1.82) is 0 Å². The summed E-state index contributed by atoms with van der Waals surface area (Å²) in [6, 6.07) is 9.25. The molecule has 0 atom stereocenters. The van der Waals surface area contributed by atoms with Crippen molar-refractivity contribution in [1.82, 2.24) is 4.98 Å². The number of hydrogen-bond donors (Lipinski definition) is 1. The van der Waals surface area contributed by atoms with Crippen molar-refractivity contribution in [2.24, 2.45) is 0 Å². The van der Waals surface area contributed by atoms with Gasteiger partial charge in [0.15, 0.2) is 5.58 Å². The third-order valence-corrected chi connectivity index (χ3v) is 3.86. The molecule has 3 rings (SSSR count). The molecule has 3 nitrogen and oxygen atoms in total. The lowest BCUT2D eigenvalue weighted by molar-refractivity contribution is 0.620. The van der Waals surface area contributed by atoms with Gasteiger partial charge in [-0.05, 0) is 36.2 Å². The first-order valence-electron chi connectivity index (χ1n) is 6.23. The molecule has 0 aliphatic heterocycles. The number of rotatable bonds is 2. The molecular formula is C15H12Cl2N2O. The second-order valence-electron chi connectivity index (χ2n) is 4.49. The van der Waals surface area contributed by atoms with Crippen LogP contribution in [0, 0.1) is 0 Å². The fraction of sp³-hybridized carbons (Fsp3) is 0.133. The normalized spacial score (nSPS) is 11.2. The van der Waals surface area contributed by atoms with E-state index in [4.69, 9.17) is 33.4 Å². The van der Waals surface area contributed by atoms with Crippen molar-refractivity contribution in [2.45, 2.75) is 13.3 Å². The van der Waals surface area contributed by atoms with E-state index in [0.717, 1.165) is 11.9 Å². The smallest absolute Gasteiger partial charge is 0.230 e. The molecule has 5 heteroatoms.